The molecule has 2 N–H and O–H groups in total. The molecule has 1 rings (SSSR count). The van der Waals surface area contributed by atoms with Crippen LogP contribution in [-0.2, 0) is 9.53 Å². The van der Waals surface area contributed by atoms with E-state index in [1.807, 2.05) is 20.8 Å². The summed E-state index contributed by atoms with van der Waals surface area (Å²) in [4.78, 5) is 27.5. The number of hydrogen-bond acceptors (Lipinski definition) is 5. The molecule has 1 aliphatic rings. The fourth-order valence-corrected chi connectivity index (χ4v) is 2.24. The second-order valence-corrected chi connectivity index (χ2v) is 5.54. The summed E-state index contributed by atoms with van der Waals surface area (Å²) in [5, 5.41) is 4.70. The number of carbonyl (C=O) groups is 2. The van der Waals surface area contributed by atoms with E-state index in [2.05, 4.69) is 20.4 Å². The third-order valence-electron chi connectivity index (χ3n) is 3.66. The second-order valence-electron chi connectivity index (χ2n) is 5.54. The van der Waals surface area contributed by atoms with Crippen molar-refractivity contribution < 1.29 is 14.3 Å². The molecule has 1 unspecified atom stereocenters. The lowest BCUT2D eigenvalue weighted by Crippen LogP contribution is -2.55. The molecule has 1 atom stereocenters. The maximum absolute atomic E-state index is 11.9. The first-order valence-corrected chi connectivity index (χ1v) is 7.54. The van der Waals surface area contributed by atoms with Gasteiger partial charge in [-0.25, -0.2) is 4.79 Å². The Labute approximate surface area is 127 Å². The van der Waals surface area contributed by atoms with Crippen molar-refractivity contribution in [3.05, 3.63) is 0 Å². The zero-order valence-corrected chi connectivity index (χ0v) is 13.5. The summed E-state index contributed by atoms with van der Waals surface area (Å²) in [5.74, 6) is -0.258. The maximum atomic E-state index is 11.9. The first-order chi connectivity index (χ1) is 9.93. The van der Waals surface area contributed by atoms with Crippen LogP contribution >= 0.6 is 0 Å². The van der Waals surface area contributed by atoms with E-state index in [4.69, 9.17) is 4.74 Å². The van der Waals surface area contributed by atoms with Gasteiger partial charge in [0.2, 0.25) is 5.91 Å². The van der Waals surface area contributed by atoms with E-state index in [1.165, 1.54) is 7.05 Å². The van der Waals surface area contributed by atoms with Gasteiger partial charge in [0, 0.05) is 39.8 Å². The number of nitrogens with one attached hydrogen (secondary N) is 2. The van der Waals surface area contributed by atoms with E-state index in [-0.39, 0.29) is 18.1 Å². The van der Waals surface area contributed by atoms with Crippen LogP contribution in [0.2, 0.25) is 0 Å². The standard InChI is InChI=1S/C14H28N4O3/c1-11(2)21-10-9-17-5-7-18(8-6-17)12(3)13(19)16-14(20)15-4/h11-12H,5-10H2,1-4H3,(H2,15,16,19,20). The van der Waals surface area contributed by atoms with Crippen LogP contribution in [0.1, 0.15) is 20.8 Å². The van der Waals surface area contributed by atoms with Crippen molar-refractivity contribution in [3.8, 4) is 0 Å². The van der Waals surface area contributed by atoms with Crippen LogP contribution in [0.4, 0.5) is 4.79 Å². The van der Waals surface area contributed by atoms with Gasteiger partial charge in [0.25, 0.3) is 0 Å². The third-order valence-corrected chi connectivity index (χ3v) is 3.66. The molecule has 1 fully saturated rings. The Morgan fingerprint density at radius 1 is 1.14 bits per heavy atom. The van der Waals surface area contributed by atoms with Gasteiger partial charge in [-0.3, -0.25) is 19.9 Å². The van der Waals surface area contributed by atoms with E-state index >= 15 is 0 Å². The zero-order chi connectivity index (χ0) is 15.8. The van der Waals surface area contributed by atoms with Crippen LogP contribution in [0.5, 0.6) is 0 Å². The minimum atomic E-state index is -0.462. The summed E-state index contributed by atoms with van der Waals surface area (Å²) in [6.07, 6.45) is 0.264. The molecular weight excluding hydrogens is 272 g/mol. The fraction of sp³-hybridized carbons (Fsp3) is 0.857. The van der Waals surface area contributed by atoms with Crippen LogP contribution < -0.4 is 10.6 Å². The number of carbonyl (C=O) groups excluding carboxylic acids is 2. The number of ether oxygens (including phenoxy) is 1. The summed E-state index contributed by atoms with van der Waals surface area (Å²) in [6.45, 7) is 11.0. The van der Waals surface area contributed by atoms with Crippen molar-refractivity contribution in [2.24, 2.45) is 0 Å². The molecule has 122 valence electrons. The number of urea groups is 1. The lowest BCUT2D eigenvalue weighted by atomic mass is 10.2. The number of piperazine rings is 1. The molecule has 7 heteroatoms. The van der Waals surface area contributed by atoms with Gasteiger partial charge in [-0.2, -0.15) is 0 Å². The molecule has 7 nitrogen and oxygen atoms in total. The summed E-state index contributed by atoms with van der Waals surface area (Å²) >= 11 is 0. The van der Waals surface area contributed by atoms with Crippen LogP contribution in [0, 0.1) is 0 Å². The van der Waals surface area contributed by atoms with Crippen LogP contribution in [0.25, 0.3) is 0 Å². The lowest BCUT2D eigenvalue weighted by Gasteiger charge is -2.37. The molecule has 0 aromatic carbocycles. The Morgan fingerprint density at radius 3 is 2.29 bits per heavy atom. The average Bonchev–Trinajstić information content (AvgIpc) is 2.46. The highest BCUT2D eigenvalue weighted by atomic mass is 16.5. The van der Waals surface area contributed by atoms with Crippen molar-refractivity contribution in [1.29, 1.82) is 0 Å². The molecule has 1 saturated heterocycles. The van der Waals surface area contributed by atoms with Crippen LogP contribution in [0.3, 0.4) is 0 Å². The maximum Gasteiger partial charge on any atom is 0.321 e. The number of rotatable bonds is 6. The first kappa shape index (κ1) is 17.9. The Morgan fingerprint density at radius 2 is 1.76 bits per heavy atom. The topological polar surface area (TPSA) is 73.9 Å². The predicted octanol–water partition coefficient (Wildman–Crippen LogP) is -0.127. The molecule has 3 amide bonds. The van der Waals surface area contributed by atoms with E-state index in [0.29, 0.717) is 0 Å². The molecule has 1 aliphatic heterocycles. The summed E-state index contributed by atoms with van der Waals surface area (Å²) in [5.41, 5.74) is 0. The van der Waals surface area contributed by atoms with Crippen molar-refractivity contribution in [2.75, 3.05) is 46.4 Å². The van der Waals surface area contributed by atoms with Gasteiger partial charge in [-0.1, -0.05) is 0 Å². The van der Waals surface area contributed by atoms with Gasteiger partial charge in [0.15, 0.2) is 0 Å². The molecule has 0 saturated carbocycles. The Balaban J connectivity index is 2.28. The normalized spacial score (nSPS) is 18.5. The molecular formula is C14H28N4O3. The smallest absolute Gasteiger partial charge is 0.321 e. The fourth-order valence-electron chi connectivity index (χ4n) is 2.24. The van der Waals surface area contributed by atoms with Gasteiger partial charge >= 0.3 is 6.03 Å². The molecule has 0 spiro atoms. The molecule has 21 heavy (non-hydrogen) atoms. The minimum Gasteiger partial charge on any atom is -0.377 e. The first-order valence-electron chi connectivity index (χ1n) is 7.54. The number of hydrogen-bond donors (Lipinski definition) is 2. The SMILES string of the molecule is CNC(=O)NC(=O)C(C)N1CCN(CCOC(C)C)CC1. The highest BCUT2D eigenvalue weighted by Gasteiger charge is 2.26. The van der Waals surface area contributed by atoms with Crippen molar-refractivity contribution in [1.82, 2.24) is 20.4 Å². The lowest BCUT2D eigenvalue weighted by molar-refractivity contribution is -0.125. The largest absolute Gasteiger partial charge is 0.377 e. The van der Waals surface area contributed by atoms with Gasteiger partial charge in [-0.05, 0) is 20.8 Å². The van der Waals surface area contributed by atoms with Crippen molar-refractivity contribution in [3.63, 3.8) is 0 Å². The highest BCUT2D eigenvalue weighted by molar-refractivity contribution is 5.96. The summed E-state index contributed by atoms with van der Waals surface area (Å²) < 4.78 is 5.55. The molecule has 0 bridgehead atoms. The van der Waals surface area contributed by atoms with Crippen LogP contribution in [0.15, 0.2) is 0 Å². The van der Waals surface area contributed by atoms with Gasteiger partial charge in [0.1, 0.15) is 0 Å². The third kappa shape index (κ3) is 6.41. The van der Waals surface area contributed by atoms with Gasteiger partial charge < -0.3 is 10.1 Å². The Bertz CT molecular complexity index is 341. The number of amides is 3. The Kier molecular flexibility index (Phi) is 7.63. The number of nitrogens with zero attached hydrogens (tertiary/aromatic N) is 2. The molecule has 0 aromatic heterocycles. The highest BCUT2D eigenvalue weighted by Crippen LogP contribution is 2.06. The van der Waals surface area contributed by atoms with Crippen molar-refractivity contribution >= 4 is 11.9 Å². The molecule has 0 radical (unpaired) electrons. The van der Waals surface area contributed by atoms with Gasteiger partial charge in [-0.15, -0.1) is 0 Å². The summed E-state index contributed by atoms with van der Waals surface area (Å²) in [6, 6.07) is -0.757. The van der Waals surface area contributed by atoms with E-state index in [0.717, 1.165) is 39.3 Å². The quantitative estimate of drug-likeness (QED) is 0.715. The second kappa shape index (κ2) is 8.96. The van der Waals surface area contributed by atoms with E-state index < -0.39 is 6.03 Å². The average molecular weight is 300 g/mol. The van der Waals surface area contributed by atoms with E-state index in [1.54, 1.807) is 0 Å². The molecule has 1 heterocycles. The molecule has 0 aliphatic carbocycles. The number of imide groups is 1. The minimum absolute atomic E-state index is 0.258. The van der Waals surface area contributed by atoms with E-state index in [9.17, 15) is 9.59 Å². The van der Waals surface area contributed by atoms with Crippen LogP contribution in [-0.4, -0.2) is 80.3 Å². The predicted molar refractivity (Wildman–Crippen MR) is 81.2 cm³/mol. The zero-order valence-electron chi connectivity index (χ0n) is 13.5. The monoisotopic (exact) mass is 300 g/mol. The summed E-state index contributed by atoms with van der Waals surface area (Å²) in [7, 11) is 1.49. The van der Waals surface area contributed by atoms with Gasteiger partial charge in [0.05, 0.1) is 18.8 Å². The Hall–Kier alpha value is -1.18. The molecule has 0 aromatic rings. The van der Waals surface area contributed by atoms with Crippen molar-refractivity contribution in [2.45, 2.75) is 32.9 Å².